The van der Waals surface area contributed by atoms with Gasteiger partial charge in [-0.1, -0.05) is 18.2 Å². The summed E-state index contributed by atoms with van der Waals surface area (Å²) in [6, 6.07) is 12.6. The third-order valence-corrected chi connectivity index (χ3v) is 4.39. The minimum absolute atomic E-state index is 0.193. The molecule has 126 valence electrons. The van der Waals surface area contributed by atoms with Gasteiger partial charge in [0.2, 0.25) is 0 Å². The highest BCUT2D eigenvalue weighted by molar-refractivity contribution is 5.66. The van der Waals surface area contributed by atoms with E-state index in [0.29, 0.717) is 0 Å². The molecule has 0 aromatic heterocycles. The lowest BCUT2D eigenvalue weighted by atomic mass is 9.99. The van der Waals surface area contributed by atoms with Gasteiger partial charge in [0.05, 0.1) is 14.2 Å². The lowest BCUT2D eigenvalue weighted by Gasteiger charge is -2.27. The number of halogens is 1. The van der Waals surface area contributed by atoms with Gasteiger partial charge >= 0.3 is 0 Å². The molecule has 1 aliphatic rings. The summed E-state index contributed by atoms with van der Waals surface area (Å²) < 4.78 is 23.8. The second-order valence-corrected chi connectivity index (χ2v) is 5.90. The van der Waals surface area contributed by atoms with Crippen molar-refractivity contribution in [1.82, 2.24) is 4.90 Å². The molecule has 0 N–H and O–H groups in total. The zero-order chi connectivity index (χ0) is 16.9. The topological polar surface area (TPSA) is 21.7 Å². The van der Waals surface area contributed by atoms with Crippen molar-refractivity contribution in [3.63, 3.8) is 0 Å². The van der Waals surface area contributed by atoms with Crippen LogP contribution >= 0.6 is 0 Å². The molecule has 1 heterocycles. The summed E-state index contributed by atoms with van der Waals surface area (Å²) in [5.41, 5.74) is 3.51. The van der Waals surface area contributed by atoms with Gasteiger partial charge in [0, 0.05) is 25.2 Å². The van der Waals surface area contributed by atoms with Crippen molar-refractivity contribution in [2.45, 2.75) is 13.0 Å². The Balaban J connectivity index is 1.70. The molecule has 3 rings (SSSR count). The molecular formula is C20H22FNO2. The zero-order valence-electron chi connectivity index (χ0n) is 14.1. The quantitative estimate of drug-likeness (QED) is 0.824. The molecule has 2 aromatic rings. The maximum absolute atomic E-state index is 13.0. The zero-order valence-corrected chi connectivity index (χ0v) is 14.1. The predicted octanol–water partition coefficient (Wildman–Crippen LogP) is 4.13. The summed E-state index contributed by atoms with van der Waals surface area (Å²) in [6.07, 6.45) is 3.18. The molecule has 0 aliphatic carbocycles. The van der Waals surface area contributed by atoms with Crippen molar-refractivity contribution in [3.8, 4) is 11.5 Å². The number of rotatable bonds is 5. The standard InChI is InChI=1S/C20H22FNO2/c1-23-19-7-8-20(24-2)17(13-19)14-22-11-9-16(10-12-22)15-3-5-18(21)6-4-15/h3-9,13H,10-12,14H2,1-2H3. The largest absolute Gasteiger partial charge is 0.497 e. The molecule has 0 fully saturated rings. The Hall–Kier alpha value is -2.33. The van der Waals surface area contributed by atoms with Crippen LogP contribution in [0, 0.1) is 5.82 Å². The molecular weight excluding hydrogens is 305 g/mol. The van der Waals surface area contributed by atoms with Gasteiger partial charge in [0.15, 0.2) is 0 Å². The van der Waals surface area contributed by atoms with Crippen molar-refractivity contribution in [3.05, 3.63) is 65.5 Å². The first-order chi connectivity index (χ1) is 11.7. The number of hydrogen-bond acceptors (Lipinski definition) is 3. The molecule has 0 amide bonds. The van der Waals surface area contributed by atoms with E-state index in [1.165, 1.54) is 17.7 Å². The van der Waals surface area contributed by atoms with Crippen LogP contribution < -0.4 is 9.47 Å². The Morgan fingerprint density at radius 3 is 2.46 bits per heavy atom. The van der Waals surface area contributed by atoms with E-state index in [9.17, 15) is 4.39 Å². The molecule has 0 spiro atoms. The Morgan fingerprint density at radius 2 is 1.83 bits per heavy atom. The van der Waals surface area contributed by atoms with Crippen molar-refractivity contribution >= 4 is 5.57 Å². The second kappa shape index (κ2) is 7.49. The SMILES string of the molecule is COc1ccc(OC)c(CN2CC=C(c3ccc(F)cc3)CC2)c1. The Labute approximate surface area is 142 Å². The highest BCUT2D eigenvalue weighted by Gasteiger charge is 2.15. The van der Waals surface area contributed by atoms with E-state index < -0.39 is 0 Å². The van der Waals surface area contributed by atoms with E-state index in [2.05, 4.69) is 11.0 Å². The average molecular weight is 327 g/mol. The molecule has 4 heteroatoms. The summed E-state index contributed by atoms with van der Waals surface area (Å²) >= 11 is 0. The summed E-state index contributed by atoms with van der Waals surface area (Å²) in [5, 5.41) is 0. The number of benzene rings is 2. The highest BCUT2D eigenvalue weighted by Crippen LogP contribution is 2.28. The molecule has 0 bridgehead atoms. The van der Waals surface area contributed by atoms with Gasteiger partial charge in [-0.15, -0.1) is 0 Å². The fraction of sp³-hybridized carbons (Fsp3) is 0.300. The van der Waals surface area contributed by atoms with Crippen LogP contribution in [0.25, 0.3) is 5.57 Å². The van der Waals surface area contributed by atoms with E-state index in [4.69, 9.17) is 9.47 Å². The normalized spacial score (nSPS) is 15.0. The maximum Gasteiger partial charge on any atom is 0.123 e. The second-order valence-electron chi connectivity index (χ2n) is 5.90. The summed E-state index contributed by atoms with van der Waals surface area (Å²) in [6.45, 7) is 2.64. The third kappa shape index (κ3) is 3.77. The van der Waals surface area contributed by atoms with E-state index in [0.717, 1.165) is 48.7 Å². The number of ether oxygens (including phenoxy) is 2. The van der Waals surface area contributed by atoms with Crippen LogP contribution in [-0.4, -0.2) is 32.2 Å². The van der Waals surface area contributed by atoms with E-state index >= 15 is 0 Å². The minimum Gasteiger partial charge on any atom is -0.497 e. The van der Waals surface area contributed by atoms with Crippen molar-refractivity contribution < 1.29 is 13.9 Å². The number of hydrogen-bond donors (Lipinski definition) is 0. The van der Waals surface area contributed by atoms with Gasteiger partial charge in [0.1, 0.15) is 17.3 Å². The van der Waals surface area contributed by atoms with Crippen LogP contribution in [0.5, 0.6) is 11.5 Å². The van der Waals surface area contributed by atoms with Crippen molar-refractivity contribution in [2.24, 2.45) is 0 Å². The Kier molecular flexibility index (Phi) is 5.16. The van der Waals surface area contributed by atoms with Gasteiger partial charge < -0.3 is 9.47 Å². The van der Waals surface area contributed by atoms with Gasteiger partial charge in [-0.05, 0) is 47.9 Å². The first-order valence-electron chi connectivity index (χ1n) is 8.08. The summed E-state index contributed by atoms with van der Waals surface area (Å²) in [5.74, 6) is 1.52. The maximum atomic E-state index is 13.0. The number of methoxy groups -OCH3 is 2. The molecule has 2 aromatic carbocycles. The molecule has 24 heavy (non-hydrogen) atoms. The third-order valence-electron chi connectivity index (χ3n) is 4.39. The van der Waals surface area contributed by atoms with Crippen LogP contribution in [0.3, 0.4) is 0 Å². The number of nitrogens with zero attached hydrogens (tertiary/aromatic N) is 1. The van der Waals surface area contributed by atoms with E-state index in [1.807, 2.05) is 30.3 Å². The highest BCUT2D eigenvalue weighted by atomic mass is 19.1. The van der Waals surface area contributed by atoms with Crippen LogP contribution in [-0.2, 0) is 6.54 Å². The fourth-order valence-corrected chi connectivity index (χ4v) is 3.03. The van der Waals surface area contributed by atoms with Gasteiger partial charge in [-0.3, -0.25) is 4.90 Å². The molecule has 0 saturated heterocycles. The monoisotopic (exact) mass is 327 g/mol. The molecule has 0 radical (unpaired) electrons. The van der Waals surface area contributed by atoms with Crippen molar-refractivity contribution in [1.29, 1.82) is 0 Å². The van der Waals surface area contributed by atoms with E-state index in [-0.39, 0.29) is 5.82 Å². The van der Waals surface area contributed by atoms with Gasteiger partial charge in [0.25, 0.3) is 0 Å². The molecule has 0 atom stereocenters. The molecule has 0 unspecified atom stereocenters. The predicted molar refractivity (Wildman–Crippen MR) is 93.8 cm³/mol. The lowest BCUT2D eigenvalue weighted by Crippen LogP contribution is -2.28. The van der Waals surface area contributed by atoms with Gasteiger partial charge in [-0.25, -0.2) is 4.39 Å². The smallest absolute Gasteiger partial charge is 0.123 e. The van der Waals surface area contributed by atoms with Crippen LogP contribution in [0.4, 0.5) is 4.39 Å². The molecule has 1 aliphatic heterocycles. The lowest BCUT2D eigenvalue weighted by molar-refractivity contribution is 0.286. The van der Waals surface area contributed by atoms with Crippen LogP contribution in [0.15, 0.2) is 48.5 Å². The first kappa shape index (κ1) is 16.5. The molecule has 0 saturated carbocycles. The Morgan fingerprint density at radius 1 is 1.04 bits per heavy atom. The van der Waals surface area contributed by atoms with Crippen LogP contribution in [0.1, 0.15) is 17.5 Å². The minimum atomic E-state index is -0.193. The molecule has 3 nitrogen and oxygen atoms in total. The van der Waals surface area contributed by atoms with Crippen molar-refractivity contribution in [2.75, 3.05) is 27.3 Å². The van der Waals surface area contributed by atoms with Crippen LogP contribution in [0.2, 0.25) is 0 Å². The fourth-order valence-electron chi connectivity index (χ4n) is 3.03. The van der Waals surface area contributed by atoms with Gasteiger partial charge in [-0.2, -0.15) is 0 Å². The summed E-state index contributed by atoms with van der Waals surface area (Å²) in [4.78, 5) is 2.37. The first-order valence-corrected chi connectivity index (χ1v) is 8.08. The summed E-state index contributed by atoms with van der Waals surface area (Å²) in [7, 11) is 3.36. The van der Waals surface area contributed by atoms with E-state index in [1.54, 1.807) is 14.2 Å². The average Bonchev–Trinajstić information content (AvgIpc) is 2.63. The Bertz CT molecular complexity index is 725.